The van der Waals surface area contributed by atoms with Gasteiger partial charge >= 0.3 is 5.97 Å². The summed E-state index contributed by atoms with van der Waals surface area (Å²) < 4.78 is 6.58. The van der Waals surface area contributed by atoms with Gasteiger partial charge in [0.15, 0.2) is 0 Å². The lowest BCUT2D eigenvalue weighted by Gasteiger charge is -2.08. The molecule has 0 saturated carbocycles. The van der Waals surface area contributed by atoms with Crippen molar-refractivity contribution in [1.29, 1.82) is 5.26 Å². The predicted octanol–water partition coefficient (Wildman–Crippen LogP) is 3.54. The van der Waals surface area contributed by atoms with E-state index in [9.17, 15) is 9.59 Å². The summed E-state index contributed by atoms with van der Waals surface area (Å²) in [5.41, 5.74) is 2.78. The highest BCUT2D eigenvalue weighted by molar-refractivity contribution is 5.78. The van der Waals surface area contributed by atoms with Crippen molar-refractivity contribution in [3.05, 3.63) is 95.0 Å². The molecule has 4 aromatic rings. The van der Waals surface area contributed by atoms with Gasteiger partial charge in [0.2, 0.25) is 0 Å². The average molecular weight is 381 g/mol. The fourth-order valence-corrected chi connectivity index (χ4v) is 2.97. The Morgan fingerprint density at radius 2 is 1.62 bits per heavy atom. The molecule has 1 heterocycles. The van der Waals surface area contributed by atoms with Crippen molar-refractivity contribution >= 4 is 16.9 Å². The minimum Gasteiger partial charge on any atom is -0.425 e. The first kappa shape index (κ1) is 18.1. The number of carbonyl (C=O) groups excluding carboxylic acids is 1. The maximum Gasteiger partial charge on any atom is 0.331 e. The van der Waals surface area contributed by atoms with Crippen molar-refractivity contribution in [1.82, 2.24) is 9.55 Å². The molecular formula is C23H15N3O3. The van der Waals surface area contributed by atoms with Gasteiger partial charge in [0.25, 0.3) is 5.56 Å². The van der Waals surface area contributed by atoms with E-state index in [-0.39, 0.29) is 12.1 Å². The Kier molecular flexibility index (Phi) is 4.87. The summed E-state index contributed by atoms with van der Waals surface area (Å²) in [6, 6.07) is 23.3. The van der Waals surface area contributed by atoms with Gasteiger partial charge in [-0.2, -0.15) is 5.26 Å². The van der Waals surface area contributed by atoms with Crippen LogP contribution in [0.5, 0.6) is 5.75 Å². The lowest BCUT2D eigenvalue weighted by Crippen LogP contribution is -2.26. The summed E-state index contributed by atoms with van der Waals surface area (Å²) in [4.78, 5) is 28.9. The molecule has 0 spiro atoms. The summed E-state index contributed by atoms with van der Waals surface area (Å²) in [6.07, 6.45) is 1.35. The Morgan fingerprint density at radius 1 is 0.966 bits per heavy atom. The highest BCUT2D eigenvalue weighted by atomic mass is 16.5. The quantitative estimate of drug-likeness (QED) is 0.399. The van der Waals surface area contributed by atoms with E-state index in [0.29, 0.717) is 22.2 Å². The van der Waals surface area contributed by atoms with E-state index in [1.807, 2.05) is 24.3 Å². The van der Waals surface area contributed by atoms with Gasteiger partial charge in [-0.25, -0.2) is 9.78 Å². The second-order valence-electron chi connectivity index (χ2n) is 6.38. The normalized spacial score (nSPS) is 10.4. The van der Waals surface area contributed by atoms with Gasteiger partial charge in [-0.3, -0.25) is 9.36 Å². The number of rotatable bonds is 4. The molecule has 0 aliphatic carbocycles. The van der Waals surface area contributed by atoms with E-state index in [2.05, 4.69) is 11.1 Å². The third kappa shape index (κ3) is 3.89. The molecule has 29 heavy (non-hydrogen) atoms. The molecule has 0 bridgehead atoms. The molecule has 0 unspecified atom stereocenters. The predicted molar refractivity (Wildman–Crippen MR) is 108 cm³/mol. The van der Waals surface area contributed by atoms with Gasteiger partial charge in [0, 0.05) is 0 Å². The first-order valence-electron chi connectivity index (χ1n) is 8.89. The van der Waals surface area contributed by atoms with E-state index in [4.69, 9.17) is 10.00 Å². The fourth-order valence-electron chi connectivity index (χ4n) is 2.97. The van der Waals surface area contributed by atoms with Crippen LogP contribution in [-0.2, 0) is 11.3 Å². The summed E-state index contributed by atoms with van der Waals surface area (Å²) in [5, 5.41) is 9.32. The molecule has 0 aliphatic heterocycles. The number of hydrogen-bond acceptors (Lipinski definition) is 5. The smallest absolute Gasteiger partial charge is 0.331 e. The first-order valence-corrected chi connectivity index (χ1v) is 8.89. The summed E-state index contributed by atoms with van der Waals surface area (Å²) >= 11 is 0. The molecular weight excluding hydrogens is 366 g/mol. The number of fused-ring (bicyclic) bond motifs is 1. The van der Waals surface area contributed by atoms with Gasteiger partial charge in [-0.1, -0.05) is 36.4 Å². The Balaban J connectivity index is 1.47. The van der Waals surface area contributed by atoms with Gasteiger partial charge in [0.1, 0.15) is 12.3 Å². The van der Waals surface area contributed by atoms with Crippen LogP contribution in [0.25, 0.3) is 22.0 Å². The zero-order valence-electron chi connectivity index (χ0n) is 15.3. The number of nitriles is 1. The zero-order valence-corrected chi connectivity index (χ0v) is 15.3. The van der Waals surface area contributed by atoms with Crippen molar-refractivity contribution in [3.8, 4) is 22.9 Å². The molecule has 6 heteroatoms. The van der Waals surface area contributed by atoms with E-state index < -0.39 is 5.97 Å². The van der Waals surface area contributed by atoms with Crippen LogP contribution in [0.15, 0.2) is 83.9 Å². The number of nitrogens with zero attached hydrogens (tertiary/aromatic N) is 3. The highest BCUT2D eigenvalue weighted by Gasteiger charge is 2.10. The van der Waals surface area contributed by atoms with E-state index in [1.165, 1.54) is 10.9 Å². The van der Waals surface area contributed by atoms with Crippen LogP contribution in [0.4, 0.5) is 0 Å². The van der Waals surface area contributed by atoms with Crippen molar-refractivity contribution in [2.45, 2.75) is 6.54 Å². The molecule has 3 aromatic carbocycles. The minimum atomic E-state index is -0.560. The molecule has 0 saturated heterocycles. The number of aromatic nitrogens is 2. The number of esters is 1. The molecule has 0 atom stereocenters. The lowest BCUT2D eigenvalue weighted by molar-refractivity contribution is -0.135. The van der Waals surface area contributed by atoms with Crippen LogP contribution in [0, 0.1) is 11.3 Å². The number of benzene rings is 3. The van der Waals surface area contributed by atoms with Gasteiger partial charge in [-0.05, 0) is 47.5 Å². The topological polar surface area (TPSA) is 85.0 Å². The molecule has 0 radical (unpaired) electrons. The van der Waals surface area contributed by atoms with Crippen LogP contribution in [0.1, 0.15) is 5.56 Å². The molecule has 140 valence electrons. The van der Waals surface area contributed by atoms with Crippen molar-refractivity contribution in [2.24, 2.45) is 0 Å². The lowest BCUT2D eigenvalue weighted by atomic mass is 10.0. The Bertz CT molecular complexity index is 1280. The SMILES string of the molecule is N#Cc1ccc(-c2ccc(OC(=O)Cn3cnc4ccccc4c3=O)cc2)cc1. The summed E-state index contributed by atoms with van der Waals surface area (Å²) in [5.74, 6) is -0.176. The maximum atomic E-state index is 12.5. The van der Waals surface area contributed by atoms with Crippen LogP contribution >= 0.6 is 0 Å². The van der Waals surface area contributed by atoms with Gasteiger partial charge in [-0.15, -0.1) is 0 Å². The van der Waals surface area contributed by atoms with Crippen LogP contribution in [0.3, 0.4) is 0 Å². The van der Waals surface area contributed by atoms with Crippen molar-refractivity contribution < 1.29 is 9.53 Å². The Labute approximate surface area is 166 Å². The van der Waals surface area contributed by atoms with Crippen molar-refractivity contribution in [2.75, 3.05) is 0 Å². The monoisotopic (exact) mass is 381 g/mol. The molecule has 0 N–H and O–H groups in total. The Morgan fingerprint density at radius 3 is 2.31 bits per heavy atom. The van der Waals surface area contributed by atoms with E-state index in [1.54, 1.807) is 48.5 Å². The van der Waals surface area contributed by atoms with E-state index >= 15 is 0 Å². The summed E-state index contributed by atoms with van der Waals surface area (Å²) in [7, 11) is 0. The second kappa shape index (κ2) is 7.79. The van der Waals surface area contributed by atoms with Gasteiger partial charge in [0.05, 0.1) is 28.9 Å². The van der Waals surface area contributed by atoms with Crippen LogP contribution in [0.2, 0.25) is 0 Å². The average Bonchev–Trinajstić information content (AvgIpc) is 2.76. The highest BCUT2D eigenvalue weighted by Crippen LogP contribution is 2.23. The second-order valence-corrected chi connectivity index (χ2v) is 6.38. The maximum absolute atomic E-state index is 12.5. The minimum absolute atomic E-state index is 0.228. The van der Waals surface area contributed by atoms with Crippen molar-refractivity contribution in [3.63, 3.8) is 0 Å². The molecule has 0 fully saturated rings. The molecule has 0 aliphatic rings. The number of carbonyl (C=O) groups is 1. The third-order valence-electron chi connectivity index (χ3n) is 4.46. The third-order valence-corrected chi connectivity index (χ3v) is 4.46. The summed E-state index contributed by atoms with van der Waals surface area (Å²) in [6.45, 7) is -0.228. The fraction of sp³-hybridized carbons (Fsp3) is 0.0435. The Hall–Kier alpha value is -4.24. The first-order chi connectivity index (χ1) is 14.1. The van der Waals surface area contributed by atoms with Gasteiger partial charge < -0.3 is 4.74 Å². The van der Waals surface area contributed by atoms with E-state index in [0.717, 1.165) is 11.1 Å². The standard InChI is InChI=1S/C23H15N3O3/c24-13-16-5-7-17(8-6-16)18-9-11-19(12-10-18)29-22(27)14-26-15-25-21-4-2-1-3-20(21)23(26)28/h1-12,15H,14H2. The largest absolute Gasteiger partial charge is 0.425 e. The number of para-hydroxylation sites is 1. The molecule has 6 nitrogen and oxygen atoms in total. The number of ether oxygens (including phenoxy) is 1. The van der Waals surface area contributed by atoms with Crippen LogP contribution < -0.4 is 10.3 Å². The molecule has 1 aromatic heterocycles. The molecule has 0 amide bonds. The molecule has 4 rings (SSSR count). The van der Waals surface area contributed by atoms with Crippen LogP contribution in [-0.4, -0.2) is 15.5 Å². The number of hydrogen-bond donors (Lipinski definition) is 0. The zero-order chi connectivity index (χ0) is 20.2.